The fourth-order valence-electron chi connectivity index (χ4n) is 2.90. The molecule has 2 unspecified atom stereocenters. The van der Waals surface area contributed by atoms with Gasteiger partial charge in [-0.05, 0) is 44.5 Å². The fraction of sp³-hybridized carbons (Fsp3) is 0.500. The van der Waals surface area contributed by atoms with Crippen molar-refractivity contribution in [3.05, 3.63) is 35.0 Å². The Labute approximate surface area is 162 Å². The van der Waals surface area contributed by atoms with Crippen molar-refractivity contribution >= 4 is 17.0 Å². The lowest BCUT2D eigenvalue weighted by Crippen LogP contribution is -2.36. The van der Waals surface area contributed by atoms with Crippen LogP contribution in [0.15, 0.2) is 29.6 Å². The molecule has 10 heteroatoms. The van der Waals surface area contributed by atoms with Gasteiger partial charge in [0.25, 0.3) is 0 Å². The number of nitrogens with zero attached hydrogens (tertiary/aromatic N) is 6. The number of likely N-dealkylation sites (tertiary alicyclic amines) is 1. The first-order chi connectivity index (χ1) is 13.3. The predicted octanol–water partition coefficient (Wildman–Crippen LogP) is 3.32. The summed E-state index contributed by atoms with van der Waals surface area (Å²) in [6.45, 7) is 5.80. The van der Waals surface area contributed by atoms with Gasteiger partial charge in [-0.15, -0.1) is 0 Å². The molecule has 3 rings (SSSR count). The van der Waals surface area contributed by atoms with Gasteiger partial charge in [0.05, 0.1) is 30.6 Å². The first-order valence-electron chi connectivity index (χ1n) is 8.78. The van der Waals surface area contributed by atoms with Crippen LogP contribution in [0.25, 0.3) is 21.3 Å². The molecule has 2 atom stereocenters. The number of aromatic nitrogens is 2. The van der Waals surface area contributed by atoms with E-state index >= 15 is 0 Å². The molecule has 2 aromatic rings. The topological polar surface area (TPSA) is 123 Å². The molecule has 0 N–H and O–H groups in total. The van der Waals surface area contributed by atoms with Gasteiger partial charge in [0, 0.05) is 11.5 Å². The van der Waals surface area contributed by atoms with E-state index in [1.54, 1.807) is 46.1 Å². The average molecular weight is 386 g/mol. The quantitative estimate of drug-likeness (QED) is 0.451. The van der Waals surface area contributed by atoms with Crippen LogP contribution in [0.4, 0.5) is 4.79 Å². The normalized spacial score (nSPS) is 19.2. The van der Waals surface area contributed by atoms with Gasteiger partial charge in [-0.1, -0.05) is 5.11 Å². The number of amides is 1. The van der Waals surface area contributed by atoms with Crippen molar-refractivity contribution in [2.45, 2.75) is 38.5 Å². The molecule has 28 heavy (non-hydrogen) atoms. The number of carbonyl (C=O) groups excluding carboxylic acids is 1. The van der Waals surface area contributed by atoms with Gasteiger partial charge in [-0.3, -0.25) is 0 Å². The summed E-state index contributed by atoms with van der Waals surface area (Å²) in [7, 11) is 1.57. The largest absolute Gasteiger partial charge is 0.497 e. The molecule has 10 nitrogen and oxygen atoms in total. The van der Waals surface area contributed by atoms with Crippen molar-refractivity contribution in [3.8, 4) is 11.6 Å². The van der Waals surface area contributed by atoms with Crippen LogP contribution in [0.5, 0.6) is 11.6 Å². The fourth-order valence-corrected chi connectivity index (χ4v) is 2.90. The van der Waals surface area contributed by atoms with E-state index in [2.05, 4.69) is 20.0 Å². The molecular weight excluding hydrogens is 364 g/mol. The molecule has 2 heterocycles. The van der Waals surface area contributed by atoms with E-state index in [0.717, 1.165) is 0 Å². The maximum atomic E-state index is 12.4. The highest BCUT2D eigenvalue weighted by molar-refractivity contribution is 5.84. The second kappa shape index (κ2) is 7.77. The molecule has 1 aromatic carbocycles. The molecule has 1 saturated heterocycles. The van der Waals surface area contributed by atoms with E-state index in [-0.39, 0.29) is 13.1 Å². The molecule has 0 saturated carbocycles. The van der Waals surface area contributed by atoms with Crippen LogP contribution in [0.2, 0.25) is 0 Å². The molecule has 0 radical (unpaired) electrons. The SMILES string of the molecule is COc1ccc2ncnc(OC3CN(C(=O)OC(C)(C)C)CC3N=[N+]=[N-])c2c1. The summed E-state index contributed by atoms with van der Waals surface area (Å²) < 4.78 is 16.7. The van der Waals surface area contributed by atoms with Gasteiger partial charge in [-0.2, -0.15) is 0 Å². The minimum atomic E-state index is -0.622. The van der Waals surface area contributed by atoms with E-state index in [1.165, 1.54) is 11.2 Å². The Bertz CT molecular complexity index is 922. The third-order valence-corrected chi connectivity index (χ3v) is 4.16. The number of benzene rings is 1. The second-order valence-corrected chi connectivity index (χ2v) is 7.38. The average Bonchev–Trinajstić information content (AvgIpc) is 3.03. The highest BCUT2D eigenvalue weighted by Gasteiger charge is 2.38. The Kier molecular flexibility index (Phi) is 5.41. The van der Waals surface area contributed by atoms with E-state index in [9.17, 15) is 4.79 Å². The number of rotatable bonds is 4. The third kappa shape index (κ3) is 4.34. The predicted molar refractivity (Wildman–Crippen MR) is 101 cm³/mol. The van der Waals surface area contributed by atoms with Crippen molar-refractivity contribution in [1.82, 2.24) is 14.9 Å². The van der Waals surface area contributed by atoms with Crippen molar-refractivity contribution in [2.75, 3.05) is 20.2 Å². The second-order valence-electron chi connectivity index (χ2n) is 7.38. The molecule has 1 amide bonds. The maximum absolute atomic E-state index is 12.4. The summed E-state index contributed by atoms with van der Waals surface area (Å²) in [5.74, 6) is 0.971. The van der Waals surface area contributed by atoms with Crippen molar-refractivity contribution in [1.29, 1.82) is 0 Å². The van der Waals surface area contributed by atoms with Gasteiger partial charge >= 0.3 is 6.09 Å². The van der Waals surface area contributed by atoms with Crippen LogP contribution in [-0.2, 0) is 4.74 Å². The van der Waals surface area contributed by atoms with Gasteiger partial charge < -0.3 is 19.1 Å². The Balaban J connectivity index is 1.85. The highest BCUT2D eigenvalue weighted by atomic mass is 16.6. The van der Waals surface area contributed by atoms with Crippen LogP contribution in [0.3, 0.4) is 0 Å². The summed E-state index contributed by atoms with van der Waals surface area (Å²) in [4.78, 5) is 25.2. The Hall–Kier alpha value is -3.26. The minimum absolute atomic E-state index is 0.204. The summed E-state index contributed by atoms with van der Waals surface area (Å²) in [5, 5.41) is 4.45. The number of hydrogen-bond acceptors (Lipinski definition) is 7. The molecule has 148 valence electrons. The van der Waals surface area contributed by atoms with Crippen molar-refractivity contribution < 1.29 is 19.0 Å². The number of carbonyl (C=O) groups is 1. The van der Waals surface area contributed by atoms with E-state index in [4.69, 9.17) is 19.7 Å². The minimum Gasteiger partial charge on any atom is -0.497 e. The van der Waals surface area contributed by atoms with Crippen molar-refractivity contribution in [3.63, 3.8) is 0 Å². The number of hydrogen-bond donors (Lipinski definition) is 0. The van der Waals surface area contributed by atoms with Gasteiger partial charge in [0.2, 0.25) is 5.88 Å². The summed E-state index contributed by atoms with van der Waals surface area (Å²) in [6, 6.07) is 4.80. The van der Waals surface area contributed by atoms with E-state index in [1.807, 2.05) is 0 Å². The number of azide groups is 1. The number of fused-ring (bicyclic) bond motifs is 1. The maximum Gasteiger partial charge on any atom is 0.410 e. The highest BCUT2D eigenvalue weighted by Crippen LogP contribution is 2.29. The molecule has 1 aromatic heterocycles. The van der Waals surface area contributed by atoms with Crippen LogP contribution in [-0.4, -0.2) is 58.9 Å². The molecular formula is C18H22N6O4. The molecule has 1 fully saturated rings. The number of methoxy groups -OCH3 is 1. The number of ether oxygens (including phenoxy) is 3. The lowest BCUT2D eigenvalue weighted by Gasteiger charge is -2.24. The Morgan fingerprint density at radius 3 is 2.79 bits per heavy atom. The van der Waals surface area contributed by atoms with Crippen LogP contribution < -0.4 is 9.47 Å². The first kappa shape index (κ1) is 19.5. The summed E-state index contributed by atoms with van der Waals surface area (Å²) >= 11 is 0. The molecule has 0 spiro atoms. The van der Waals surface area contributed by atoms with Gasteiger partial charge in [-0.25, -0.2) is 14.8 Å². The van der Waals surface area contributed by atoms with Gasteiger partial charge in [0.15, 0.2) is 0 Å². The smallest absolute Gasteiger partial charge is 0.410 e. The van der Waals surface area contributed by atoms with Crippen LogP contribution >= 0.6 is 0 Å². The van der Waals surface area contributed by atoms with Crippen molar-refractivity contribution in [2.24, 2.45) is 5.11 Å². The van der Waals surface area contributed by atoms with Gasteiger partial charge in [0.1, 0.15) is 23.8 Å². The van der Waals surface area contributed by atoms with Crippen LogP contribution in [0.1, 0.15) is 20.8 Å². The lowest BCUT2D eigenvalue weighted by molar-refractivity contribution is 0.0275. The first-order valence-corrected chi connectivity index (χ1v) is 8.78. The standard InChI is InChI=1S/C18H22N6O4/c1-18(2,3)28-17(25)24-8-14(22-23-19)15(9-24)27-16-12-7-11(26-4)5-6-13(12)20-10-21-16/h5-7,10,14-15H,8-9H2,1-4H3. The van der Waals surface area contributed by atoms with Crippen LogP contribution in [0, 0.1) is 0 Å². The lowest BCUT2D eigenvalue weighted by atomic mass is 10.2. The summed E-state index contributed by atoms with van der Waals surface area (Å²) in [6.07, 6.45) is 0.353. The van der Waals surface area contributed by atoms with E-state index in [0.29, 0.717) is 22.5 Å². The monoisotopic (exact) mass is 386 g/mol. The zero-order valence-electron chi connectivity index (χ0n) is 16.2. The molecule has 1 aliphatic heterocycles. The third-order valence-electron chi connectivity index (χ3n) is 4.16. The van der Waals surface area contributed by atoms with E-state index < -0.39 is 23.8 Å². The molecule has 0 aliphatic carbocycles. The zero-order valence-corrected chi connectivity index (χ0v) is 16.2. The molecule has 1 aliphatic rings. The molecule has 0 bridgehead atoms. The Morgan fingerprint density at radius 2 is 2.11 bits per heavy atom. The zero-order chi connectivity index (χ0) is 20.3. The Morgan fingerprint density at radius 1 is 1.32 bits per heavy atom. The summed E-state index contributed by atoms with van der Waals surface area (Å²) in [5.41, 5.74) is 8.95.